The molecule has 7 nitrogen and oxygen atoms in total. The number of ether oxygens (including phenoxy) is 1. The van der Waals surface area contributed by atoms with Crippen LogP contribution in [-0.2, 0) is 6.54 Å². The molecule has 0 N–H and O–H groups in total. The molecule has 9 heteroatoms. The van der Waals surface area contributed by atoms with Gasteiger partial charge in [0.2, 0.25) is 0 Å². The predicted octanol–water partition coefficient (Wildman–Crippen LogP) is 4.03. The second-order valence-corrected chi connectivity index (χ2v) is 7.08. The van der Waals surface area contributed by atoms with Crippen molar-refractivity contribution in [2.45, 2.75) is 39.8 Å². The van der Waals surface area contributed by atoms with Gasteiger partial charge in [0.1, 0.15) is 12.4 Å². The highest BCUT2D eigenvalue weighted by atomic mass is 19.3. The Hall–Kier alpha value is -3.36. The minimum Gasteiger partial charge on any atom is -0.486 e. The Balaban J connectivity index is 1.69. The number of aromatic nitrogens is 4. The van der Waals surface area contributed by atoms with Gasteiger partial charge in [-0.1, -0.05) is 0 Å². The summed E-state index contributed by atoms with van der Waals surface area (Å²) < 4.78 is 31.7. The van der Waals surface area contributed by atoms with E-state index in [1.165, 1.54) is 6.20 Å². The monoisotopic (exact) mass is 413 g/mol. The summed E-state index contributed by atoms with van der Waals surface area (Å²) in [6, 6.07) is 4.93. The van der Waals surface area contributed by atoms with Gasteiger partial charge >= 0.3 is 0 Å². The van der Waals surface area contributed by atoms with Crippen LogP contribution in [0, 0.1) is 6.92 Å². The summed E-state index contributed by atoms with van der Waals surface area (Å²) in [5, 5.41) is 4.46. The van der Waals surface area contributed by atoms with E-state index < -0.39 is 13.0 Å². The van der Waals surface area contributed by atoms with Crippen molar-refractivity contribution in [1.82, 2.24) is 19.7 Å². The van der Waals surface area contributed by atoms with Crippen molar-refractivity contribution >= 4 is 11.7 Å². The van der Waals surface area contributed by atoms with Crippen molar-refractivity contribution in [3.8, 4) is 17.0 Å². The van der Waals surface area contributed by atoms with Gasteiger partial charge in [-0.2, -0.15) is 5.10 Å². The number of halogens is 2. The van der Waals surface area contributed by atoms with Gasteiger partial charge < -0.3 is 4.74 Å². The van der Waals surface area contributed by atoms with Crippen molar-refractivity contribution in [3.63, 3.8) is 0 Å². The maximum atomic E-state index is 13.1. The van der Waals surface area contributed by atoms with Gasteiger partial charge in [-0.15, -0.1) is 0 Å². The van der Waals surface area contributed by atoms with Crippen molar-refractivity contribution in [1.29, 1.82) is 0 Å². The molecule has 0 spiro atoms. The fraction of sp³-hybridized carbons (Fsp3) is 0.333. The summed E-state index contributed by atoms with van der Waals surface area (Å²) in [4.78, 5) is 23.5. The van der Waals surface area contributed by atoms with Gasteiger partial charge in [0.25, 0.3) is 12.3 Å². The van der Waals surface area contributed by atoms with Crippen LogP contribution in [0.5, 0.6) is 5.75 Å². The van der Waals surface area contributed by atoms with E-state index in [2.05, 4.69) is 10.1 Å². The average Bonchev–Trinajstić information content (AvgIpc) is 3.29. The summed E-state index contributed by atoms with van der Waals surface area (Å²) >= 11 is 0. The number of anilines is 1. The second kappa shape index (κ2) is 7.81. The van der Waals surface area contributed by atoms with Crippen LogP contribution in [-0.4, -0.2) is 38.7 Å². The van der Waals surface area contributed by atoms with Crippen LogP contribution < -0.4 is 9.64 Å². The Bertz CT molecular complexity index is 1100. The number of hydrogen-bond donors (Lipinski definition) is 0. The highest BCUT2D eigenvalue weighted by Gasteiger charge is 2.39. The zero-order chi connectivity index (χ0) is 21.4. The Morgan fingerprint density at radius 3 is 2.77 bits per heavy atom. The number of carbonyl (C=O) groups excluding carboxylic acids is 1. The summed E-state index contributed by atoms with van der Waals surface area (Å²) in [5.41, 5.74) is 3.22. The van der Waals surface area contributed by atoms with E-state index in [4.69, 9.17) is 9.72 Å². The van der Waals surface area contributed by atoms with Gasteiger partial charge in [-0.3, -0.25) is 19.4 Å². The molecule has 0 aromatic carbocycles. The summed E-state index contributed by atoms with van der Waals surface area (Å²) in [6.07, 6.45) is 2.24. The summed E-state index contributed by atoms with van der Waals surface area (Å²) in [7, 11) is 0. The number of fused-ring (bicyclic) bond motifs is 1. The van der Waals surface area contributed by atoms with Crippen molar-refractivity contribution in [3.05, 3.63) is 53.6 Å². The number of rotatable bonds is 6. The number of alkyl halides is 2. The number of amides is 1. The van der Waals surface area contributed by atoms with Crippen LogP contribution in [0.15, 0.2) is 36.8 Å². The topological polar surface area (TPSA) is 73.1 Å². The minimum atomic E-state index is -2.57. The van der Waals surface area contributed by atoms with E-state index >= 15 is 0 Å². The lowest BCUT2D eigenvalue weighted by Gasteiger charge is -2.18. The van der Waals surface area contributed by atoms with Gasteiger partial charge in [0, 0.05) is 30.6 Å². The first-order valence-corrected chi connectivity index (χ1v) is 9.64. The first-order valence-electron chi connectivity index (χ1n) is 9.64. The molecular weight excluding hydrogens is 392 g/mol. The molecule has 0 saturated heterocycles. The van der Waals surface area contributed by atoms with Crippen LogP contribution >= 0.6 is 0 Å². The SMILES string of the molecule is CCn1ccc(N2C(=O)c3c(C)cc(-c4cncc(OCC(F)F)c4)nc3[C@@H]2C)n1. The van der Waals surface area contributed by atoms with Crippen LogP contribution in [0.4, 0.5) is 14.6 Å². The lowest BCUT2D eigenvalue weighted by molar-refractivity contribution is 0.0817. The highest BCUT2D eigenvalue weighted by molar-refractivity contribution is 6.11. The smallest absolute Gasteiger partial charge is 0.272 e. The van der Waals surface area contributed by atoms with Crippen LogP contribution in [0.2, 0.25) is 0 Å². The number of hydrogen-bond acceptors (Lipinski definition) is 5. The number of carbonyl (C=O) groups is 1. The first-order chi connectivity index (χ1) is 14.4. The first kappa shape index (κ1) is 19.9. The molecule has 4 rings (SSSR count). The quantitative estimate of drug-likeness (QED) is 0.610. The van der Waals surface area contributed by atoms with Gasteiger partial charge in [-0.25, -0.2) is 13.8 Å². The maximum absolute atomic E-state index is 13.1. The molecular formula is C21H21F2N5O2. The molecule has 0 fully saturated rings. The molecule has 0 bridgehead atoms. The standard InChI is InChI=1S/C21H21F2N5O2/c1-4-27-6-5-18(26-27)28-13(3)20-19(21(28)29)12(2)7-16(25-20)14-8-15(10-24-9-14)30-11-17(22)23/h5-10,13,17H,4,11H2,1-3H3/t13-/m0/s1. The summed E-state index contributed by atoms with van der Waals surface area (Å²) in [6.45, 7) is 5.75. The zero-order valence-electron chi connectivity index (χ0n) is 16.8. The van der Waals surface area contributed by atoms with E-state index in [0.29, 0.717) is 34.9 Å². The highest BCUT2D eigenvalue weighted by Crippen LogP contribution is 2.38. The zero-order valence-corrected chi connectivity index (χ0v) is 16.8. The molecule has 3 aromatic heterocycles. The molecule has 1 atom stereocenters. The van der Waals surface area contributed by atoms with Gasteiger partial charge in [-0.05, 0) is 38.5 Å². The van der Waals surface area contributed by atoms with E-state index in [0.717, 1.165) is 5.56 Å². The third-order valence-electron chi connectivity index (χ3n) is 5.04. The summed E-state index contributed by atoms with van der Waals surface area (Å²) in [5.74, 6) is 0.684. The van der Waals surface area contributed by atoms with Crippen LogP contribution in [0.3, 0.4) is 0 Å². The molecule has 1 aliphatic rings. The third-order valence-corrected chi connectivity index (χ3v) is 5.04. The average molecular weight is 413 g/mol. The fourth-order valence-electron chi connectivity index (χ4n) is 3.60. The second-order valence-electron chi connectivity index (χ2n) is 7.08. The van der Waals surface area contributed by atoms with Crippen LogP contribution in [0.25, 0.3) is 11.3 Å². The predicted molar refractivity (Wildman–Crippen MR) is 107 cm³/mol. The number of nitrogens with zero attached hydrogens (tertiary/aromatic N) is 5. The fourth-order valence-corrected chi connectivity index (χ4v) is 3.60. The molecule has 3 aromatic rings. The van der Waals surface area contributed by atoms with Crippen molar-refractivity contribution in [2.24, 2.45) is 0 Å². The normalized spacial score (nSPS) is 15.7. The lowest BCUT2D eigenvalue weighted by atomic mass is 10.0. The Morgan fingerprint density at radius 1 is 1.27 bits per heavy atom. The molecule has 0 aliphatic carbocycles. The molecule has 0 saturated carbocycles. The van der Waals surface area contributed by atoms with Gasteiger partial charge in [0.15, 0.2) is 5.82 Å². The molecule has 156 valence electrons. The van der Waals surface area contributed by atoms with E-state index in [1.54, 1.807) is 27.9 Å². The van der Waals surface area contributed by atoms with E-state index in [9.17, 15) is 13.6 Å². The molecule has 0 radical (unpaired) electrons. The molecule has 4 heterocycles. The van der Waals surface area contributed by atoms with E-state index in [-0.39, 0.29) is 17.7 Å². The number of aryl methyl sites for hydroxylation is 2. The Kier molecular flexibility index (Phi) is 5.19. The van der Waals surface area contributed by atoms with Crippen LogP contribution in [0.1, 0.15) is 41.5 Å². The maximum Gasteiger partial charge on any atom is 0.272 e. The largest absolute Gasteiger partial charge is 0.486 e. The molecule has 0 unspecified atom stereocenters. The minimum absolute atomic E-state index is 0.137. The van der Waals surface area contributed by atoms with Crippen molar-refractivity contribution < 1.29 is 18.3 Å². The van der Waals surface area contributed by atoms with Gasteiger partial charge in [0.05, 0.1) is 29.2 Å². The Labute approximate surface area is 172 Å². The van der Waals surface area contributed by atoms with Crippen molar-refractivity contribution in [2.75, 3.05) is 11.5 Å². The molecule has 30 heavy (non-hydrogen) atoms. The molecule has 1 aliphatic heterocycles. The third kappa shape index (κ3) is 3.51. The number of pyridine rings is 2. The Morgan fingerprint density at radius 2 is 2.07 bits per heavy atom. The van der Waals surface area contributed by atoms with E-state index in [1.807, 2.05) is 33.0 Å². The molecule has 1 amide bonds. The lowest BCUT2D eigenvalue weighted by Crippen LogP contribution is -2.27.